The first kappa shape index (κ1) is 21.4. The Bertz CT molecular complexity index is 652. The first-order valence-electron chi connectivity index (χ1n) is 8.30. The highest BCUT2D eigenvalue weighted by Gasteiger charge is 2.23. The fraction of sp³-hybridized carbons (Fsp3) is 0.529. The van der Waals surface area contributed by atoms with Crippen LogP contribution in [-0.2, 0) is 9.53 Å². The van der Waals surface area contributed by atoms with Gasteiger partial charge in [0.15, 0.2) is 6.61 Å². The molecule has 0 atom stereocenters. The summed E-state index contributed by atoms with van der Waals surface area (Å²) in [4.78, 5) is 36.5. The zero-order valence-electron chi connectivity index (χ0n) is 15.4. The molecular formula is C17H25N3O6. The van der Waals surface area contributed by atoms with Crippen LogP contribution in [-0.4, -0.2) is 58.6 Å². The molecule has 0 bridgehead atoms. The summed E-state index contributed by atoms with van der Waals surface area (Å²) in [5.41, 5.74) is -0.0587. The second-order valence-corrected chi connectivity index (χ2v) is 6.20. The minimum atomic E-state index is -0.852. The molecule has 0 fully saturated rings. The van der Waals surface area contributed by atoms with E-state index in [1.54, 1.807) is 4.90 Å². The van der Waals surface area contributed by atoms with Crippen molar-refractivity contribution < 1.29 is 24.4 Å². The molecule has 2 N–H and O–H groups in total. The molecule has 9 heteroatoms. The standard InChI is InChI=1S/C17H25N3O6/c1-11(2)19(12(3)4)16(22)10-26-17(23)14-9-13(20(24)25)5-6-15(14)18-7-8-21/h5-6,9,11-12,18,21H,7-8,10H2,1-4H3. The Balaban J connectivity index is 2.95. The van der Waals surface area contributed by atoms with E-state index in [2.05, 4.69) is 5.32 Å². The number of benzene rings is 1. The maximum absolute atomic E-state index is 12.4. The minimum Gasteiger partial charge on any atom is -0.452 e. The highest BCUT2D eigenvalue weighted by Crippen LogP contribution is 2.23. The Morgan fingerprint density at radius 1 is 1.27 bits per heavy atom. The molecule has 0 aliphatic rings. The van der Waals surface area contributed by atoms with Crippen molar-refractivity contribution in [3.8, 4) is 0 Å². The van der Waals surface area contributed by atoms with Crippen LogP contribution in [0.4, 0.5) is 11.4 Å². The molecule has 1 aromatic carbocycles. The van der Waals surface area contributed by atoms with Gasteiger partial charge in [0, 0.05) is 36.4 Å². The topological polar surface area (TPSA) is 122 Å². The van der Waals surface area contributed by atoms with E-state index in [0.717, 1.165) is 6.07 Å². The monoisotopic (exact) mass is 367 g/mol. The number of aliphatic hydroxyl groups excluding tert-OH is 1. The molecule has 0 spiro atoms. The van der Waals surface area contributed by atoms with E-state index < -0.39 is 17.5 Å². The molecule has 0 saturated carbocycles. The quantitative estimate of drug-likeness (QED) is 0.388. The summed E-state index contributed by atoms with van der Waals surface area (Å²) in [6.45, 7) is 6.95. The number of hydrogen-bond acceptors (Lipinski definition) is 7. The van der Waals surface area contributed by atoms with Gasteiger partial charge in [-0.15, -0.1) is 0 Å². The van der Waals surface area contributed by atoms with Gasteiger partial charge in [-0.1, -0.05) is 0 Å². The number of hydrogen-bond donors (Lipinski definition) is 2. The van der Waals surface area contributed by atoms with Crippen LogP contribution in [0.1, 0.15) is 38.1 Å². The lowest BCUT2D eigenvalue weighted by Crippen LogP contribution is -2.44. The number of rotatable bonds is 9. The number of nitro groups is 1. The molecule has 0 unspecified atom stereocenters. The van der Waals surface area contributed by atoms with Crippen LogP contribution < -0.4 is 5.32 Å². The molecule has 9 nitrogen and oxygen atoms in total. The van der Waals surface area contributed by atoms with Crippen molar-refractivity contribution in [3.05, 3.63) is 33.9 Å². The minimum absolute atomic E-state index is 0.0548. The smallest absolute Gasteiger partial charge is 0.341 e. The number of anilines is 1. The van der Waals surface area contributed by atoms with Crippen molar-refractivity contribution in [2.75, 3.05) is 25.1 Å². The molecule has 0 aliphatic heterocycles. The van der Waals surface area contributed by atoms with Gasteiger partial charge in [0.2, 0.25) is 0 Å². The molecular weight excluding hydrogens is 342 g/mol. The third-order valence-corrected chi connectivity index (χ3v) is 3.59. The van der Waals surface area contributed by atoms with Gasteiger partial charge in [-0.3, -0.25) is 14.9 Å². The maximum atomic E-state index is 12.4. The average molecular weight is 367 g/mol. The van der Waals surface area contributed by atoms with Gasteiger partial charge < -0.3 is 20.1 Å². The lowest BCUT2D eigenvalue weighted by molar-refractivity contribution is -0.384. The number of amides is 1. The third-order valence-electron chi connectivity index (χ3n) is 3.59. The maximum Gasteiger partial charge on any atom is 0.341 e. The number of non-ortho nitro benzene ring substituents is 1. The van der Waals surface area contributed by atoms with E-state index in [9.17, 15) is 19.7 Å². The van der Waals surface area contributed by atoms with Crippen molar-refractivity contribution in [1.82, 2.24) is 4.90 Å². The predicted octanol–water partition coefficient (Wildman–Crippen LogP) is 1.80. The normalized spacial score (nSPS) is 10.7. The van der Waals surface area contributed by atoms with Crippen molar-refractivity contribution in [3.63, 3.8) is 0 Å². The summed E-state index contributed by atoms with van der Waals surface area (Å²) < 4.78 is 5.07. The van der Waals surface area contributed by atoms with E-state index >= 15 is 0 Å². The summed E-state index contributed by atoms with van der Waals surface area (Å²) in [5, 5.41) is 22.6. The lowest BCUT2D eigenvalue weighted by atomic mass is 10.1. The zero-order chi connectivity index (χ0) is 19.9. The molecule has 0 heterocycles. The van der Waals surface area contributed by atoms with E-state index in [1.165, 1.54) is 12.1 Å². The van der Waals surface area contributed by atoms with E-state index in [0.29, 0.717) is 0 Å². The number of ether oxygens (including phenoxy) is 1. The van der Waals surface area contributed by atoms with E-state index in [1.807, 2.05) is 27.7 Å². The van der Waals surface area contributed by atoms with Crippen molar-refractivity contribution in [2.24, 2.45) is 0 Å². The summed E-state index contributed by atoms with van der Waals surface area (Å²) in [5.74, 6) is -1.20. The summed E-state index contributed by atoms with van der Waals surface area (Å²) in [6.07, 6.45) is 0. The van der Waals surface area contributed by atoms with Crippen LogP contribution in [0.2, 0.25) is 0 Å². The zero-order valence-corrected chi connectivity index (χ0v) is 15.4. The molecule has 144 valence electrons. The molecule has 1 amide bonds. The van der Waals surface area contributed by atoms with Gasteiger partial charge in [0.25, 0.3) is 11.6 Å². The van der Waals surface area contributed by atoms with Crippen LogP contribution in [0.3, 0.4) is 0 Å². The summed E-state index contributed by atoms with van der Waals surface area (Å²) in [6, 6.07) is 3.57. The number of nitrogens with zero attached hydrogens (tertiary/aromatic N) is 2. The highest BCUT2D eigenvalue weighted by molar-refractivity contribution is 5.97. The fourth-order valence-corrected chi connectivity index (χ4v) is 2.61. The van der Waals surface area contributed by atoms with Crippen LogP contribution in [0, 0.1) is 10.1 Å². The Kier molecular flexibility index (Phi) is 7.98. The average Bonchev–Trinajstić information content (AvgIpc) is 2.56. The SMILES string of the molecule is CC(C)N(C(=O)COC(=O)c1cc([N+](=O)[O-])ccc1NCCO)C(C)C. The van der Waals surface area contributed by atoms with E-state index in [4.69, 9.17) is 9.84 Å². The van der Waals surface area contributed by atoms with Gasteiger partial charge in [-0.2, -0.15) is 0 Å². The Labute approximate surface area is 152 Å². The van der Waals surface area contributed by atoms with Gasteiger partial charge in [0.05, 0.1) is 17.1 Å². The fourth-order valence-electron chi connectivity index (χ4n) is 2.61. The van der Waals surface area contributed by atoms with Gasteiger partial charge in [-0.05, 0) is 33.8 Å². The Morgan fingerprint density at radius 3 is 2.38 bits per heavy atom. The first-order valence-corrected chi connectivity index (χ1v) is 8.30. The molecule has 0 radical (unpaired) electrons. The van der Waals surface area contributed by atoms with Crippen molar-refractivity contribution in [2.45, 2.75) is 39.8 Å². The number of aliphatic hydroxyl groups is 1. The predicted molar refractivity (Wildman–Crippen MR) is 96.1 cm³/mol. The van der Waals surface area contributed by atoms with Gasteiger partial charge in [-0.25, -0.2) is 4.79 Å². The van der Waals surface area contributed by atoms with Gasteiger partial charge >= 0.3 is 5.97 Å². The molecule has 1 aromatic rings. The number of nitro benzene ring substituents is 1. The largest absolute Gasteiger partial charge is 0.452 e. The molecule has 26 heavy (non-hydrogen) atoms. The second kappa shape index (κ2) is 9.71. The lowest BCUT2D eigenvalue weighted by Gasteiger charge is -2.30. The highest BCUT2D eigenvalue weighted by atomic mass is 16.6. The Morgan fingerprint density at radius 2 is 1.88 bits per heavy atom. The molecule has 0 aliphatic carbocycles. The van der Waals surface area contributed by atoms with Crippen LogP contribution in [0.5, 0.6) is 0 Å². The molecule has 0 aromatic heterocycles. The number of carbonyl (C=O) groups is 2. The van der Waals surface area contributed by atoms with Crippen LogP contribution in [0.25, 0.3) is 0 Å². The van der Waals surface area contributed by atoms with Crippen molar-refractivity contribution >= 4 is 23.3 Å². The van der Waals surface area contributed by atoms with E-state index in [-0.39, 0.29) is 48.1 Å². The van der Waals surface area contributed by atoms with Crippen LogP contribution in [0.15, 0.2) is 18.2 Å². The summed E-state index contributed by atoms with van der Waals surface area (Å²) >= 11 is 0. The molecule has 1 rings (SSSR count). The first-order chi connectivity index (χ1) is 12.2. The third kappa shape index (κ3) is 5.69. The van der Waals surface area contributed by atoms with Crippen LogP contribution >= 0.6 is 0 Å². The Hall–Kier alpha value is -2.68. The number of esters is 1. The molecule has 0 saturated heterocycles. The second-order valence-electron chi connectivity index (χ2n) is 6.20. The number of carbonyl (C=O) groups excluding carboxylic acids is 2. The number of nitrogens with one attached hydrogen (secondary N) is 1. The van der Waals surface area contributed by atoms with Crippen molar-refractivity contribution in [1.29, 1.82) is 0 Å². The van der Waals surface area contributed by atoms with Gasteiger partial charge in [0.1, 0.15) is 0 Å². The summed E-state index contributed by atoms with van der Waals surface area (Å²) in [7, 11) is 0.